The largest absolute Gasteiger partial charge is 0.461 e. The number of benzene rings is 1. The molecule has 0 radical (unpaired) electrons. The maximum Gasteiger partial charge on any atom is 0.338 e. The van der Waals surface area contributed by atoms with Gasteiger partial charge in [0.2, 0.25) is 0 Å². The van der Waals surface area contributed by atoms with Crippen molar-refractivity contribution in [3.8, 4) is 0 Å². The summed E-state index contributed by atoms with van der Waals surface area (Å²) in [6, 6.07) is 6.68. The third-order valence-electron chi connectivity index (χ3n) is 3.01. The minimum atomic E-state index is -0.339. The van der Waals surface area contributed by atoms with Crippen LogP contribution >= 0.6 is 0 Å². The number of nitrogen functional groups attached to an aromatic ring is 1. The van der Waals surface area contributed by atoms with Gasteiger partial charge in [0.15, 0.2) is 0 Å². The summed E-state index contributed by atoms with van der Waals surface area (Å²) >= 11 is 0. The second-order valence-corrected chi connectivity index (χ2v) is 4.59. The Morgan fingerprint density at radius 3 is 2.05 bits per heavy atom. The molecule has 0 atom stereocenters. The number of nitrogens with two attached hydrogens (primary N) is 1. The van der Waals surface area contributed by atoms with Crippen LogP contribution in [0.3, 0.4) is 0 Å². The molecule has 0 heterocycles. The van der Waals surface area contributed by atoms with E-state index in [1.165, 1.54) is 0 Å². The second-order valence-electron chi connectivity index (χ2n) is 4.59. The number of methoxy groups -OCH3 is 2. The van der Waals surface area contributed by atoms with E-state index < -0.39 is 0 Å². The van der Waals surface area contributed by atoms with Crippen molar-refractivity contribution in [2.24, 2.45) is 0 Å². The first-order chi connectivity index (χ1) is 10.2. The van der Waals surface area contributed by atoms with E-state index in [2.05, 4.69) is 4.90 Å². The number of hydrogen-bond acceptors (Lipinski definition) is 6. The van der Waals surface area contributed by atoms with Crippen molar-refractivity contribution in [1.29, 1.82) is 0 Å². The molecule has 1 rings (SSSR count). The average Bonchev–Trinajstić information content (AvgIpc) is 2.50. The highest BCUT2D eigenvalue weighted by Crippen LogP contribution is 2.06. The summed E-state index contributed by atoms with van der Waals surface area (Å²) in [4.78, 5) is 14.0. The van der Waals surface area contributed by atoms with E-state index in [0.29, 0.717) is 37.6 Å². The third-order valence-corrected chi connectivity index (χ3v) is 3.01. The van der Waals surface area contributed by atoms with Gasteiger partial charge in [-0.1, -0.05) is 0 Å². The normalized spacial score (nSPS) is 10.8. The van der Waals surface area contributed by atoms with Crippen LogP contribution in [0.5, 0.6) is 0 Å². The Hall–Kier alpha value is -1.63. The lowest BCUT2D eigenvalue weighted by Crippen LogP contribution is -2.34. The Bertz CT molecular complexity index is 401. The van der Waals surface area contributed by atoms with Crippen molar-refractivity contribution in [3.63, 3.8) is 0 Å². The van der Waals surface area contributed by atoms with Crippen LogP contribution in [0.25, 0.3) is 0 Å². The summed E-state index contributed by atoms with van der Waals surface area (Å²) in [5.74, 6) is -0.339. The lowest BCUT2D eigenvalue weighted by Gasteiger charge is -2.21. The van der Waals surface area contributed by atoms with Gasteiger partial charge in [0.05, 0.1) is 18.8 Å². The fourth-order valence-corrected chi connectivity index (χ4v) is 1.75. The zero-order valence-electron chi connectivity index (χ0n) is 12.7. The molecular weight excluding hydrogens is 272 g/mol. The van der Waals surface area contributed by atoms with Gasteiger partial charge in [0.25, 0.3) is 0 Å². The summed E-state index contributed by atoms with van der Waals surface area (Å²) in [7, 11) is 3.32. The van der Waals surface area contributed by atoms with E-state index in [4.69, 9.17) is 19.9 Å². The molecule has 0 bridgehead atoms. The first-order valence-electron chi connectivity index (χ1n) is 6.90. The van der Waals surface area contributed by atoms with Crippen LogP contribution in [-0.2, 0) is 14.2 Å². The fraction of sp³-hybridized carbons (Fsp3) is 0.533. The summed E-state index contributed by atoms with van der Waals surface area (Å²) in [5.41, 5.74) is 6.70. The van der Waals surface area contributed by atoms with Gasteiger partial charge in [-0.25, -0.2) is 4.79 Å². The molecule has 0 aliphatic carbocycles. The Labute approximate surface area is 125 Å². The summed E-state index contributed by atoms with van der Waals surface area (Å²) in [5, 5.41) is 0. The van der Waals surface area contributed by atoms with Crippen LogP contribution < -0.4 is 5.73 Å². The molecule has 6 heteroatoms. The minimum Gasteiger partial charge on any atom is -0.461 e. The Morgan fingerprint density at radius 1 is 1.00 bits per heavy atom. The van der Waals surface area contributed by atoms with Crippen LogP contribution in [0.1, 0.15) is 10.4 Å². The van der Waals surface area contributed by atoms with Gasteiger partial charge in [-0.15, -0.1) is 0 Å². The van der Waals surface area contributed by atoms with E-state index >= 15 is 0 Å². The summed E-state index contributed by atoms with van der Waals surface area (Å²) in [6.45, 7) is 3.80. The molecule has 0 amide bonds. The molecule has 118 valence electrons. The Balaban J connectivity index is 2.34. The van der Waals surface area contributed by atoms with Crippen molar-refractivity contribution < 1.29 is 19.0 Å². The maximum absolute atomic E-state index is 11.8. The van der Waals surface area contributed by atoms with Gasteiger partial charge in [-0.05, 0) is 24.3 Å². The number of anilines is 1. The highest BCUT2D eigenvalue weighted by molar-refractivity contribution is 5.89. The number of hydrogen-bond donors (Lipinski definition) is 1. The van der Waals surface area contributed by atoms with E-state index in [1.54, 1.807) is 38.5 Å². The number of carbonyl (C=O) groups excluding carboxylic acids is 1. The smallest absolute Gasteiger partial charge is 0.338 e. The summed E-state index contributed by atoms with van der Waals surface area (Å²) < 4.78 is 15.4. The van der Waals surface area contributed by atoms with Crippen LogP contribution in [0.4, 0.5) is 5.69 Å². The molecular formula is C15H24N2O4. The number of rotatable bonds is 10. The molecule has 0 saturated carbocycles. The van der Waals surface area contributed by atoms with Gasteiger partial charge in [-0.2, -0.15) is 0 Å². The third kappa shape index (κ3) is 7.08. The SMILES string of the molecule is COCCN(CCOC)CCOC(=O)c1ccc(N)cc1. The zero-order valence-corrected chi connectivity index (χ0v) is 12.7. The topological polar surface area (TPSA) is 74.0 Å². The minimum absolute atomic E-state index is 0.330. The van der Waals surface area contributed by atoms with Gasteiger partial charge >= 0.3 is 5.97 Å². The van der Waals surface area contributed by atoms with Gasteiger partial charge < -0.3 is 19.9 Å². The van der Waals surface area contributed by atoms with Gasteiger partial charge in [0, 0.05) is 39.5 Å². The van der Waals surface area contributed by atoms with E-state index in [0.717, 1.165) is 13.1 Å². The maximum atomic E-state index is 11.8. The molecule has 0 aliphatic rings. The second kappa shape index (κ2) is 10.1. The zero-order chi connectivity index (χ0) is 15.5. The Kier molecular flexibility index (Phi) is 8.42. The summed E-state index contributed by atoms with van der Waals surface area (Å²) in [6.07, 6.45) is 0. The molecule has 2 N–H and O–H groups in total. The molecule has 6 nitrogen and oxygen atoms in total. The van der Waals surface area contributed by atoms with Gasteiger partial charge in [-0.3, -0.25) is 4.90 Å². The molecule has 0 fully saturated rings. The number of esters is 1. The lowest BCUT2D eigenvalue weighted by atomic mass is 10.2. The first kappa shape index (κ1) is 17.4. The highest BCUT2D eigenvalue weighted by Gasteiger charge is 2.09. The molecule has 1 aromatic carbocycles. The lowest BCUT2D eigenvalue weighted by molar-refractivity contribution is 0.0424. The van der Waals surface area contributed by atoms with Gasteiger partial charge in [0.1, 0.15) is 6.61 Å². The van der Waals surface area contributed by atoms with E-state index in [9.17, 15) is 4.79 Å². The molecule has 0 saturated heterocycles. The molecule has 0 unspecified atom stereocenters. The Morgan fingerprint density at radius 2 is 1.52 bits per heavy atom. The first-order valence-corrected chi connectivity index (χ1v) is 6.90. The van der Waals surface area contributed by atoms with Crippen molar-refractivity contribution >= 4 is 11.7 Å². The quantitative estimate of drug-likeness (QED) is 0.513. The van der Waals surface area contributed by atoms with Crippen molar-refractivity contribution in [2.75, 3.05) is 59.4 Å². The fourth-order valence-electron chi connectivity index (χ4n) is 1.75. The van der Waals surface area contributed by atoms with E-state index in [-0.39, 0.29) is 5.97 Å². The standard InChI is InChI=1S/C15H24N2O4/c1-19-10-7-17(8-11-20-2)9-12-21-15(18)13-3-5-14(16)6-4-13/h3-6H,7-12,16H2,1-2H3. The van der Waals surface area contributed by atoms with E-state index in [1.807, 2.05) is 0 Å². The number of ether oxygens (including phenoxy) is 3. The number of nitrogens with zero attached hydrogens (tertiary/aromatic N) is 1. The number of carbonyl (C=O) groups is 1. The average molecular weight is 296 g/mol. The van der Waals surface area contributed by atoms with Crippen LogP contribution in [0.15, 0.2) is 24.3 Å². The molecule has 0 spiro atoms. The molecule has 1 aromatic rings. The van der Waals surface area contributed by atoms with Crippen LogP contribution in [0.2, 0.25) is 0 Å². The predicted octanol–water partition coefficient (Wildman–Crippen LogP) is 1.02. The highest BCUT2D eigenvalue weighted by atomic mass is 16.5. The molecule has 0 aliphatic heterocycles. The van der Waals surface area contributed by atoms with Crippen LogP contribution in [-0.4, -0.2) is 64.5 Å². The molecule has 21 heavy (non-hydrogen) atoms. The van der Waals surface area contributed by atoms with Crippen molar-refractivity contribution in [1.82, 2.24) is 4.90 Å². The van der Waals surface area contributed by atoms with Crippen molar-refractivity contribution in [2.45, 2.75) is 0 Å². The molecule has 0 aromatic heterocycles. The van der Waals surface area contributed by atoms with Crippen molar-refractivity contribution in [3.05, 3.63) is 29.8 Å². The monoisotopic (exact) mass is 296 g/mol. The van der Waals surface area contributed by atoms with Crippen LogP contribution in [0, 0.1) is 0 Å². The predicted molar refractivity (Wildman–Crippen MR) is 81.3 cm³/mol.